The van der Waals surface area contributed by atoms with E-state index in [-0.39, 0.29) is 23.9 Å². The number of nitro groups is 1. The molecule has 0 amide bonds. The number of non-ortho nitro benzene ring substituents is 1. The average Bonchev–Trinajstić information content (AvgIpc) is 2.46. The molecule has 104 valence electrons. The zero-order valence-electron chi connectivity index (χ0n) is 10.4. The van der Waals surface area contributed by atoms with Gasteiger partial charge in [0.05, 0.1) is 10.8 Å². The number of nitro benzene ring substituents is 1. The fourth-order valence-electron chi connectivity index (χ4n) is 1.74. The number of alkyl halides is 1. The lowest BCUT2D eigenvalue weighted by Gasteiger charge is -2.10. The van der Waals surface area contributed by atoms with E-state index in [1.807, 2.05) is 0 Å². The molecule has 0 atom stereocenters. The molecule has 20 heavy (non-hydrogen) atoms. The summed E-state index contributed by atoms with van der Waals surface area (Å²) in [6.45, 7) is 0.0342. The summed E-state index contributed by atoms with van der Waals surface area (Å²) in [5.41, 5.74) is 1.09. The van der Waals surface area contributed by atoms with E-state index in [0.717, 1.165) is 0 Å². The SMILES string of the molecule is O=[N+]([O-])c1cccc(COc2c(F)cccc2CCl)c1. The smallest absolute Gasteiger partial charge is 0.269 e. The largest absolute Gasteiger partial charge is 0.485 e. The number of para-hydroxylation sites is 1. The van der Waals surface area contributed by atoms with E-state index in [2.05, 4.69) is 0 Å². The van der Waals surface area contributed by atoms with Crippen LogP contribution in [0.3, 0.4) is 0 Å². The van der Waals surface area contributed by atoms with Crippen molar-refractivity contribution in [3.63, 3.8) is 0 Å². The van der Waals surface area contributed by atoms with Crippen molar-refractivity contribution in [3.05, 3.63) is 69.5 Å². The van der Waals surface area contributed by atoms with Gasteiger partial charge in [0.25, 0.3) is 5.69 Å². The van der Waals surface area contributed by atoms with Crippen molar-refractivity contribution in [3.8, 4) is 5.75 Å². The third-order valence-corrected chi connectivity index (χ3v) is 2.98. The van der Waals surface area contributed by atoms with Crippen molar-refractivity contribution in [1.82, 2.24) is 0 Å². The van der Waals surface area contributed by atoms with Gasteiger partial charge in [-0.2, -0.15) is 0 Å². The third-order valence-electron chi connectivity index (χ3n) is 2.70. The van der Waals surface area contributed by atoms with Crippen molar-refractivity contribution in [2.24, 2.45) is 0 Å². The summed E-state index contributed by atoms with van der Waals surface area (Å²) >= 11 is 5.72. The molecule has 2 aromatic rings. The van der Waals surface area contributed by atoms with Crippen LogP contribution in [0.15, 0.2) is 42.5 Å². The summed E-state index contributed by atoms with van der Waals surface area (Å²) in [6, 6.07) is 10.5. The Morgan fingerprint density at radius 1 is 1.25 bits per heavy atom. The molecule has 0 saturated carbocycles. The molecule has 0 N–H and O–H groups in total. The summed E-state index contributed by atoms with van der Waals surface area (Å²) in [4.78, 5) is 10.2. The summed E-state index contributed by atoms with van der Waals surface area (Å²) in [7, 11) is 0. The number of hydrogen-bond acceptors (Lipinski definition) is 3. The lowest BCUT2D eigenvalue weighted by molar-refractivity contribution is -0.384. The fourth-order valence-corrected chi connectivity index (χ4v) is 1.95. The molecule has 6 heteroatoms. The number of benzene rings is 2. The number of nitrogens with zero attached hydrogens (tertiary/aromatic N) is 1. The van der Waals surface area contributed by atoms with Gasteiger partial charge < -0.3 is 4.74 Å². The molecule has 0 aromatic heterocycles. The summed E-state index contributed by atoms with van der Waals surface area (Å²) in [5.74, 6) is -0.301. The first-order valence-corrected chi connectivity index (χ1v) is 6.34. The minimum absolute atomic E-state index is 0.0304. The molecule has 2 rings (SSSR count). The average molecular weight is 296 g/mol. The first kappa shape index (κ1) is 14.3. The van der Waals surface area contributed by atoms with E-state index >= 15 is 0 Å². The van der Waals surface area contributed by atoms with Gasteiger partial charge in [0, 0.05) is 17.7 Å². The van der Waals surface area contributed by atoms with Gasteiger partial charge in [0.1, 0.15) is 6.61 Å². The van der Waals surface area contributed by atoms with Crippen LogP contribution in [0.2, 0.25) is 0 Å². The predicted octanol–water partition coefficient (Wildman–Crippen LogP) is 4.05. The highest BCUT2D eigenvalue weighted by atomic mass is 35.5. The van der Waals surface area contributed by atoms with E-state index in [9.17, 15) is 14.5 Å². The van der Waals surface area contributed by atoms with Gasteiger partial charge in [0.2, 0.25) is 0 Å². The van der Waals surface area contributed by atoms with Crippen molar-refractivity contribution in [2.75, 3.05) is 0 Å². The Balaban J connectivity index is 2.17. The van der Waals surface area contributed by atoms with E-state index in [4.69, 9.17) is 16.3 Å². The Hall–Kier alpha value is -2.14. The molecule has 0 aliphatic rings. The van der Waals surface area contributed by atoms with Gasteiger partial charge in [-0.25, -0.2) is 4.39 Å². The van der Waals surface area contributed by atoms with Crippen LogP contribution < -0.4 is 4.74 Å². The first-order valence-electron chi connectivity index (χ1n) is 5.81. The molecule has 2 aromatic carbocycles. The lowest BCUT2D eigenvalue weighted by Crippen LogP contribution is -2.01. The van der Waals surface area contributed by atoms with E-state index in [0.29, 0.717) is 11.1 Å². The summed E-state index contributed by atoms with van der Waals surface area (Å²) in [5, 5.41) is 10.7. The van der Waals surface area contributed by atoms with Gasteiger partial charge in [-0.3, -0.25) is 10.1 Å². The molecule has 0 unspecified atom stereocenters. The van der Waals surface area contributed by atoms with Crippen LogP contribution in [0.25, 0.3) is 0 Å². The Morgan fingerprint density at radius 3 is 2.70 bits per heavy atom. The highest BCUT2D eigenvalue weighted by Gasteiger charge is 2.11. The normalized spacial score (nSPS) is 10.3. The van der Waals surface area contributed by atoms with E-state index < -0.39 is 10.7 Å². The van der Waals surface area contributed by atoms with Crippen molar-refractivity contribution < 1.29 is 14.1 Å². The molecular formula is C14H11ClFNO3. The third kappa shape index (κ3) is 3.24. The van der Waals surface area contributed by atoms with Gasteiger partial charge in [-0.05, 0) is 11.6 Å². The van der Waals surface area contributed by atoms with Gasteiger partial charge in [-0.1, -0.05) is 24.3 Å². The van der Waals surface area contributed by atoms with Crippen molar-refractivity contribution >= 4 is 17.3 Å². The number of halogens is 2. The summed E-state index contributed by atoms with van der Waals surface area (Å²) < 4.78 is 19.1. The second kappa shape index (κ2) is 6.34. The standard InChI is InChI=1S/C14H11ClFNO3/c15-8-11-4-2-6-13(16)14(11)20-9-10-3-1-5-12(7-10)17(18)19/h1-7H,8-9H2. The van der Waals surface area contributed by atoms with Gasteiger partial charge in [0.15, 0.2) is 11.6 Å². The maximum Gasteiger partial charge on any atom is 0.269 e. The molecule has 0 heterocycles. The zero-order chi connectivity index (χ0) is 14.5. The second-order valence-electron chi connectivity index (χ2n) is 4.08. The minimum Gasteiger partial charge on any atom is -0.485 e. The molecule has 0 saturated heterocycles. The Morgan fingerprint density at radius 2 is 2.00 bits per heavy atom. The topological polar surface area (TPSA) is 52.4 Å². The minimum atomic E-state index is -0.506. The van der Waals surface area contributed by atoms with Crippen LogP contribution >= 0.6 is 11.6 Å². The lowest BCUT2D eigenvalue weighted by atomic mass is 10.2. The second-order valence-corrected chi connectivity index (χ2v) is 4.34. The Bertz CT molecular complexity index is 634. The highest BCUT2D eigenvalue weighted by Crippen LogP contribution is 2.25. The Kier molecular flexibility index (Phi) is 4.53. The molecule has 0 aliphatic carbocycles. The first-order chi connectivity index (χ1) is 9.61. The van der Waals surface area contributed by atoms with Crippen LogP contribution in [0, 0.1) is 15.9 Å². The maximum atomic E-state index is 13.7. The quantitative estimate of drug-likeness (QED) is 0.475. The van der Waals surface area contributed by atoms with E-state index in [1.54, 1.807) is 24.3 Å². The molecule has 0 spiro atoms. The monoisotopic (exact) mass is 295 g/mol. The molecule has 4 nitrogen and oxygen atoms in total. The molecular weight excluding hydrogens is 285 g/mol. The van der Waals surface area contributed by atoms with Crippen LogP contribution in [0.5, 0.6) is 5.75 Å². The number of hydrogen-bond donors (Lipinski definition) is 0. The van der Waals surface area contributed by atoms with Gasteiger partial charge >= 0.3 is 0 Å². The number of ether oxygens (including phenoxy) is 1. The molecule has 0 aliphatic heterocycles. The fraction of sp³-hybridized carbons (Fsp3) is 0.143. The highest BCUT2D eigenvalue weighted by molar-refractivity contribution is 6.17. The van der Waals surface area contributed by atoms with Crippen molar-refractivity contribution in [1.29, 1.82) is 0 Å². The van der Waals surface area contributed by atoms with Crippen LogP contribution in [0.1, 0.15) is 11.1 Å². The Labute approximate surface area is 119 Å². The molecule has 0 fully saturated rings. The zero-order valence-corrected chi connectivity index (χ0v) is 11.1. The van der Waals surface area contributed by atoms with E-state index in [1.165, 1.54) is 18.2 Å². The van der Waals surface area contributed by atoms with Crippen LogP contribution in [-0.2, 0) is 12.5 Å². The molecule has 0 radical (unpaired) electrons. The predicted molar refractivity (Wildman–Crippen MR) is 73.4 cm³/mol. The molecule has 0 bridgehead atoms. The maximum absolute atomic E-state index is 13.7. The van der Waals surface area contributed by atoms with Crippen molar-refractivity contribution in [2.45, 2.75) is 12.5 Å². The summed E-state index contributed by atoms with van der Waals surface area (Å²) in [6.07, 6.45) is 0. The van der Waals surface area contributed by atoms with Crippen LogP contribution in [-0.4, -0.2) is 4.92 Å². The van der Waals surface area contributed by atoms with Gasteiger partial charge in [-0.15, -0.1) is 11.6 Å². The number of rotatable bonds is 5. The van der Waals surface area contributed by atoms with Crippen LogP contribution in [0.4, 0.5) is 10.1 Å².